The maximum atomic E-state index is 11.7. The van der Waals surface area contributed by atoms with Crippen LogP contribution < -0.4 is 0 Å². The number of carbonyl (C=O) groups is 1. The minimum Gasteiger partial charge on any atom is -0.465 e. The van der Waals surface area contributed by atoms with Gasteiger partial charge in [-0.3, -0.25) is 0 Å². The summed E-state index contributed by atoms with van der Waals surface area (Å²) in [7, 11) is 2.62. The SMILES string of the molecule is COC(=O)c1csc(C23CC4CC(CC(C4)C2)C3)p1. The topological polar surface area (TPSA) is 26.3 Å². The average Bonchev–Trinajstić information content (AvgIpc) is 2.86. The lowest BCUT2D eigenvalue weighted by atomic mass is 9.50. The van der Waals surface area contributed by atoms with E-state index in [9.17, 15) is 4.79 Å². The number of ether oxygens (including phenoxy) is 1. The Labute approximate surface area is 119 Å². The van der Waals surface area contributed by atoms with Gasteiger partial charge in [-0.15, -0.1) is 11.3 Å². The van der Waals surface area contributed by atoms with E-state index in [0.717, 1.165) is 31.2 Å². The summed E-state index contributed by atoms with van der Waals surface area (Å²) in [5.74, 6) is 2.76. The molecule has 4 heteroatoms. The van der Waals surface area contributed by atoms with Crippen LogP contribution in [-0.4, -0.2) is 13.1 Å². The molecule has 102 valence electrons. The third-order valence-electron chi connectivity index (χ3n) is 5.39. The van der Waals surface area contributed by atoms with Gasteiger partial charge in [-0.1, -0.05) is 0 Å². The van der Waals surface area contributed by atoms with E-state index in [1.54, 1.807) is 4.61 Å². The zero-order valence-corrected chi connectivity index (χ0v) is 12.9. The Balaban J connectivity index is 1.68. The van der Waals surface area contributed by atoms with Crippen molar-refractivity contribution < 1.29 is 9.53 Å². The molecule has 5 rings (SSSR count). The Morgan fingerprint density at radius 2 is 1.84 bits per heavy atom. The summed E-state index contributed by atoms with van der Waals surface area (Å²) in [6, 6.07) is 0. The minimum absolute atomic E-state index is 0.145. The predicted molar refractivity (Wildman–Crippen MR) is 78.0 cm³/mol. The summed E-state index contributed by atoms with van der Waals surface area (Å²) in [4.78, 5) is 11.7. The van der Waals surface area contributed by atoms with Crippen molar-refractivity contribution in [3.05, 3.63) is 15.3 Å². The van der Waals surface area contributed by atoms with Gasteiger partial charge < -0.3 is 4.74 Å². The zero-order chi connectivity index (χ0) is 13.0. The van der Waals surface area contributed by atoms with Gasteiger partial charge in [0, 0.05) is 15.4 Å². The van der Waals surface area contributed by atoms with E-state index in [1.165, 1.54) is 45.6 Å². The van der Waals surface area contributed by atoms with E-state index >= 15 is 0 Å². The van der Waals surface area contributed by atoms with Crippen molar-refractivity contribution in [2.24, 2.45) is 17.8 Å². The highest BCUT2D eigenvalue weighted by Gasteiger charge is 2.52. The second kappa shape index (κ2) is 4.30. The van der Waals surface area contributed by atoms with Crippen LogP contribution in [0.1, 0.15) is 53.2 Å². The van der Waals surface area contributed by atoms with Crippen LogP contribution >= 0.6 is 19.5 Å². The normalized spacial score (nSPS) is 39.9. The molecular formula is C15H19O2PS. The van der Waals surface area contributed by atoms with Crippen molar-refractivity contribution in [3.63, 3.8) is 0 Å². The largest absolute Gasteiger partial charge is 0.465 e. The van der Waals surface area contributed by atoms with E-state index in [4.69, 9.17) is 4.74 Å². The Kier molecular flexibility index (Phi) is 2.79. The Morgan fingerprint density at radius 3 is 2.37 bits per heavy atom. The molecule has 1 aromatic rings. The van der Waals surface area contributed by atoms with E-state index in [0.29, 0.717) is 5.41 Å². The maximum Gasteiger partial charge on any atom is 0.343 e. The number of hydrogen-bond donors (Lipinski definition) is 0. The van der Waals surface area contributed by atoms with Crippen molar-refractivity contribution >= 4 is 25.5 Å². The van der Waals surface area contributed by atoms with Crippen LogP contribution in [0.4, 0.5) is 0 Å². The van der Waals surface area contributed by atoms with Gasteiger partial charge in [0.25, 0.3) is 0 Å². The standard InChI is InChI=1S/C15H19O2PS/c1-17-13(16)12-8-19-14(18-12)15-5-9-2-10(6-15)4-11(3-9)7-15/h8-11H,2-7H2,1H3. The van der Waals surface area contributed by atoms with Crippen LogP contribution in [0.15, 0.2) is 5.38 Å². The van der Waals surface area contributed by atoms with Crippen LogP contribution in [0.3, 0.4) is 0 Å². The minimum atomic E-state index is -0.145. The molecule has 4 aliphatic rings. The summed E-state index contributed by atoms with van der Waals surface area (Å²) in [6.45, 7) is 0. The summed E-state index contributed by atoms with van der Waals surface area (Å²) in [5.41, 5.74) is 0.452. The van der Waals surface area contributed by atoms with Crippen LogP contribution in [0.25, 0.3) is 0 Å². The van der Waals surface area contributed by atoms with Gasteiger partial charge in [0.15, 0.2) is 0 Å². The van der Waals surface area contributed by atoms with Crippen molar-refractivity contribution in [2.75, 3.05) is 7.11 Å². The zero-order valence-electron chi connectivity index (χ0n) is 11.2. The number of carbonyl (C=O) groups excluding carboxylic acids is 1. The smallest absolute Gasteiger partial charge is 0.343 e. The predicted octanol–water partition coefficient (Wildman–Crippen LogP) is 4.58. The third kappa shape index (κ3) is 1.89. The van der Waals surface area contributed by atoms with Gasteiger partial charge in [-0.25, -0.2) is 4.79 Å². The highest BCUT2D eigenvalue weighted by atomic mass is 32.1. The highest BCUT2D eigenvalue weighted by Crippen LogP contribution is 2.62. The van der Waals surface area contributed by atoms with Gasteiger partial charge in [0.1, 0.15) is 0 Å². The van der Waals surface area contributed by atoms with Crippen LogP contribution in [0.2, 0.25) is 0 Å². The fourth-order valence-electron chi connectivity index (χ4n) is 5.09. The Morgan fingerprint density at radius 1 is 1.26 bits per heavy atom. The molecule has 0 spiro atoms. The molecule has 0 radical (unpaired) electrons. The molecule has 1 heterocycles. The fourth-order valence-corrected chi connectivity index (χ4v) is 7.85. The molecule has 0 saturated heterocycles. The lowest BCUT2D eigenvalue weighted by molar-refractivity contribution is -0.00192. The second-order valence-corrected chi connectivity index (χ2v) is 9.06. The van der Waals surface area contributed by atoms with Crippen molar-refractivity contribution in [2.45, 2.75) is 43.9 Å². The molecular weight excluding hydrogens is 275 g/mol. The number of rotatable bonds is 2. The van der Waals surface area contributed by atoms with Crippen LogP contribution in [0, 0.1) is 17.8 Å². The molecule has 4 bridgehead atoms. The molecule has 0 aliphatic heterocycles. The average molecular weight is 294 g/mol. The monoisotopic (exact) mass is 294 g/mol. The summed E-state index contributed by atoms with van der Waals surface area (Å²) < 4.78 is 6.41. The Hall–Kier alpha value is -0.400. The van der Waals surface area contributed by atoms with E-state index in [1.807, 2.05) is 16.7 Å². The quantitative estimate of drug-likeness (QED) is 0.746. The molecule has 2 nitrogen and oxygen atoms in total. The van der Waals surface area contributed by atoms with Crippen molar-refractivity contribution in [1.82, 2.24) is 0 Å². The van der Waals surface area contributed by atoms with E-state index in [-0.39, 0.29) is 5.97 Å². The molecule has 0 atom stereocenters. The summed E-state index contributed by atoms with van der Waals surface area (Å²) in [5, 5.41) is 2.87. The van der Waals surface area contributed by atoms with Crippen molar-refractivity contribution in [1.29, 1.82) is 0 Å². The maximum absolute atomic E-state index is 11.7. The molecule has 4 fully saturated rings. The molecule has 0 unspecified atom stereocenters. The van der Waals surface area contributed by atoms with Crippen molar-refractivity contribution in [3.8, 4) is 0 Å². The van der Waals surface area contributed by atoms with E-state index in [2.05, 4.69) is 0 Å². The van der Waals surface area contributed by atoms with Gasteiger partial charge in [0.05, 0.1) is 12.4 Å². The number of methoxy groups -OCH3 is 1. The lowest BCUT2D eigenvalue weighted by Crippen LogP contribution is -2.47. The first-order valence-electron chi connectivity index (χ1n) is 7.23. The molecule has 4 saturated carbocycles. The number of esters is 1. The first-order valence-corrected chi connectivity index (χ1v) is 9.00. The Bertz CT molecular complexity index is 487. The van der Waals surface area contributed by atoms with Crippen LogP contribution in [0.5, 0.6) is 0 Å². The molecule has 4 aliphatic carbocycles. The second-order valence-electron chi connectivity index (χ2n) is 6.73. The van der Waals surface area contributed by atoms with Gasteiger partial charge >= 0.3 is 5.97 Å². The molecule has 0 N–H and O–H groups in total. The molecule has 1 aromatic heterocycles. The van der Waals surface area contributed by atoms with Gasteiger partial charge in [0.2, 0.25) is 0 Å². The molecule has 19 heavy (non-hydrogen) atoms. The summed E-state index contributed by atoms with van der Waals surface area (Å²) >= 11 is 1.82. The summed E-state index contributed by atoms with van der Waals surface area (Å²) in [6.07, 6.45) is 8.59. The van der Waals surface area contributed by atoms with Crippen LogP contribution in [-0.2, 0) is 10.2 Å². The number of hydrogen-bond acceptors (Lipinski definition) is 3. The van der Waals surface area contributed by atoms with Gasteiger partial charge in [-0.05, 0) is 64.5 Å². The highest BCUT2D eigenvalue weighted by molar-refractivity contribution is 7.43. The van der Waals surface area contributed by atoms with E-state index < -0.39 is 0 Å². The first-order chi connectivity index (χ1) is 9.18. The first kappa shape index (κ1) is 12.3. The lowest BCUT2D eigenvalue weighted by Gasteiger charge is -2.56. The molecule has 0 aromatic carbocycles. The fraction of sp³-hybridized carbons (Fsp3) is 0.733. The third-order valence-corrected chi connectivity index (χ3v) is 8.40. The molecule has 0 amide bonds. The van der Waals surface area contributed by atoms with Gasteiger partial charge in [-0.2, -0.15) is 0 Å².